The van der Waals surface area contributed by atoms with Crippen LogP contribution in [0.2, 0.25) is 0 Å². The van der Waals surface area contributed by atoms with Crippen molar-refractivity contribution in [3.05, 3.63) is 79.4 Å². The zero-order chi connectivity index (χ0) is 19.0. The number of aromatic amines is 2. The van der Waals surface area contributed by atoms with E-state index in [0.717, 1.165) is 0 Å². The van der Waals surface area contributed by atoms with Gasteiger partial charge in [-0.2, -0.15) is 0 Å². The molecule has 0 saturated carbocycles. The summed E-state index contributed by atoms with van der Waals surface area (Å²) in [6, 6.07) is 9.47. The predicted octanol–water partition coefficient (Wildman–Crippen LogP) is 0.855. The second-order valence-corrected chi connectivity index (χ2v) is 6.62. The Morgan fingerprint density at radius 2 is 1.74 bits per heavy atom. The molecule has 1 amide bonds. The molecule has 1 aliphatic heterocycles. The number of likely N-dealkylation sites (tertiary alicyclic amines) is 1. The molecule has 8 heteroatoms. The molecule has 1 saturated heterocycles. The monoisotopic (exact) mass is 366 g/mol. The van der Waals surface area contributed by atoms with Crippen molar-refractivity contribution in [2.45, 2.75) is 18.9 Å². The average Bonchev–Trinajstić information content (AvgIpc) is 2.68. The zero-order valence-corrected chi connectivity index (χ0v) is 14.5. The van der Waals surface area contributed by atoms with Gasteiger partial charge in [-0.1, -0.05) is 12.1 Å². The number of amides is 1. The topological polar surface area (TPSA) is 108 Å². The van der Waals surface area contributed by atoms with E-state index in [1.807, 2.05) is 0 Å². The summed E-state index contributed by atoms with van der Waals surface area (Å²) in [4.78, 5) is 55.7. The Hall–Kier alpha value is -3.42. The van der Waals surface area contributed by atoms with Gasteiger partial charge in [0.15, 0.2) is 0 Å². The van der Waals surface area contributed by atoms with Crippen molar-refractivity contribution < 1.29 is 4.79 Å². The van der Waals surface area contributed by atoms with Crippen molar-refractivity contribution in [3.8, 4) is 0 Å². The summed E-state index contributed by atoms with van der Waals surface area (Å²) in [5, 5.41) is 0.476. The minimum absolute atomic E-state index is 0.176. The molecule has 1 aromatic carbocycles. The minimum atomic E-state index is -0.427. The Balaban J connectivity index is 1.56. The maximum absolute atomic E-state index is 12.7. The quantitative estimate of drug-likeness (QED) is 0.701. The fourth-order valence-corrected chi connectivity index (χ4v) is 3.56. The summed E-state index contributed by atoms with van der Waals surface area (Å²) >= 11 is 0. The number of H-pyrrole nitrogens is 2. The van der Waals surface area contributed by atoms with Crippen LogP contribution in [0.5, 0.6) is 0 Å². The molecule has 138 valence electrons. The summed E-state index contributed by atoms with van der Waals surface area (Å²) in [6.07, 6.45) is 2.42. The Bertz CT molecular complexity index is 1160. The molecule has 1 aliphatic rings. The van der Waals surface area contributed by atoms with Gasteiger partial charge in [0.25, 0.3) is 11.5 Å². The van der Waals surface area contributed by atoms with Crippen LogP contribution in [0, 0.1) is 0 Å². The summed E-state index contributed by atoms with van der Waals surface area (Å²) in [7, 11) is 0. The second-order valence-electron chi connectivity index (χ2n) is 6.62. The molecule has 4 rings (SSSR count). The molecule has 3 aromatic rings. The maximum atomic E-state index is 12.7. The predicted molar refractivity (Wildman–Crippen MR) is 100 cm³/mol. The Labute approximate surface area is 153 Å². The number of nitrogens with zero attached hydrogens (tertiary/aromatic N) is 2. The molecule has 0 radical (unpaired) electrons. The van der Waals surface area contributed by atoms with Crippen LogP contribution in [-0.2, 0) is 0 Å². The molecule has 0 atom stereocenters. The van der Waals surface area contributed by atoms with Crippen molar-refractivity contribution >= 4 is 16.8 Å². The molecule has 3 heterocycles. The smallest absolute Gasteiger partial charge is 0.329 e. The highest BCUT2D eigenvalue weighted by Crippen LogP contribution is 2.21. The van der Waals surface area contributed by atoms with E-state index in [9.17, 15) is 19.2 Å². The highest BCUT2D eigenvalue weighted by Gasteiger charge is 2.26. The number of rotatable bonds is 2. The molecular formula is C19H18N4O4. The van der Waals surface area contributed by atoms with Gasteiger partial charge >= 0.3 is 5.69 Å². The summed E-state index contributed by atoms with van der Waals surface area (Å²) in [5.74, 6) is -0.176. The molecule has 0 unspecified atom stereocenters. The van der Waals surface area contributed by atoms with Crippen LogP contribution in [0.25, 0.3) is 10.9 Å². The first kappa shape index (κ1) is 17.0. The highest BCUT2D eigenvalue weighted by molar-refractivity contribution is 5.93. The number of fused-ring (bicyclic) bond motifs is 1. The molecule has 0 spiro atoms. The first-order valence-electron chi connectivity index (χ1n) is 8.76. The van der Waals surface area contributed by atoms with Gasteiger partial charge < -0.3 is 14.9 Å². The van der Waals surface area contributed by atoms with Crippen LogP contribution in [0.4, 0.5) is 0 Å². The normalized spacial score (nSPS) is 15.2. The molecular weight excluding hydrogens is 348 g/mol. The number of carbonyl (C=O) groups excluding carboxylic acids is 1. The highest BCUT2D eigenvalue weighted by atomic mass is 16.2. The fraction of sp³-hybridized carbons (Fsp3) is 0.263. The molecule has 2 aromatic heterocycles. The Morgan fingerprint density at radius 3 is 2.44 bits per heavy atom. The third-order valence-corrected chi connectivity index (χ3v) is 4.98. The number of pyridine rings is 1. The van der Waals surface area contributed by atoms with Crippen LogP contribution in [0.1, 0.15) is 29.2 Å². The van der Waals surface area contributed by atoms with Crippen LogP contribution in [0.3, 0.4) is 0 Å². The molecule has 1 fully saturated rings. The van der Waals surface area contributed by atoms with Crippen LogP contribution in [0.15, 0.2) is 57.0 Å². The molecule has 27 heavy (non-hydrogen) atoms. The summed E-state index contributed by atoms with van der Waals surface area (Å²) in [6.45, 7) is 0.864. The second kappa shape index (κ2) is 6.71. The van der Waals surface area contributed by atoms with Gasteiger partial charge in [0, 0.05) is 31.4 Å². The number of hydrogen-bond donors (Lipinski definition) is 2. The van der Waals surface area contributed by atoms with Crippen LogP contribution in [-0.4, -0.2) is 38.4 Å². The lowest BCUT2D eigenvalue weighted by Crippen LogP contribution is -2.45. The number of aromatic nitrogens is 3. The van der Waals surface area contributed by atoms with Gasteiger partial charge in [0.2, 0.25) is 5.56 Å². The van der Waals surface area contributed by atoms with E-state index in [4.69, 9.17) is 0 Å². The largest absolute Gasteiger partial charge is 0.338 e. The SMILES string of the molecule is O=C(c1ccc(=O)[nH]c1)N1CCC(n2c(=O)[nH]c3ccccc3c2=O)CC1. The number of nitrogens with one attached hydrogen (secondary N) is 2. The Kier molecular flexibility index (Phi) is 4.23. The Morgan fingerprint density at radius 1 is 1.00 bits per heavy atom. The molecule has 0 aliphatic carbocycles. The van der Waals surface area contributed by atoms with Crippen LogP contribution < -0.4 is 16.8 Å². The van der Waals surface area contributed by atoms with Gasteiger partial charge in [-0.05, 0) is 31.0 Å². The van der Waals surface area contributed by atoms with E-state index < -0.39 is 5.69 Å². The van der Waals surface area contributed by atoms with E-state index in [0.29, 0.717) is 42.4 Å². The van der Waals surface area contributed by atoms with Gasteiger partial charge in [0.1, 0.15) is 0 Å². The fourth-order valence-electron chi connectivity index (χ4n) is 3.56. The number of piperidine rings is 1. The molecule has 8 nitrogen and oxygen atoms in total. The van der Waals surface area contributed by atoms with E-state index >= 15 is 0 Å². The lowest BCUT2D eigenvalue weighted by molar-refractivity contribution is 0.0691. The maximum Gasteiger partial charge on any atom is 0.329 e. The number of carbonyl (C=O) groups is 1. The van der Waals surface area contributed by atoms with E-state index in [1.54, 1.807) is 29.2 Å². The van der Waals surface area contributed by atoms with E-state index in [2.05, 4.69) is 9.97 Å². The molecule has 2 N–H and O–H groups in total. The van der Waals surface area contributed by atoms with Gasteiger partial charge in [-0.15, -0.1) is 0 Å². The average molecular weight is 366 g/mol. The van der Waals surface area contributed by atoms with E-state index in [-0.39, 0.29) is 23.1 Å². The van der Waals surface area contributed by atoms with Gasteiger partial charge in [-0.25, -0.2) is 4.79 Å². The van der Waals surface area contributed by atoms with Crippen molar-refractivity contribution in [1.82, 2.24) is 19.4 Å². The lowest BCUT2D eigenvalue weighted by Gasteiger charge is -2.32. The lowest BCUT2D eigenvalue weighted by atomic mass is 10.0. The summed E-state index contributed by atoms with van der Waals surface area (Å²) in [5.41, 5.74) is -0.0627. The standard InChI is InChI=1S/C19H18N4O4/c24-16-6-5-12(11-20-16)17(25)22-9-7-13(8-10-22)23-18(26)14-3-1-2-4-15(14)21-19(23)27/h1-6,11,13H,7-10H2,(H,20,24)(H,21,27). The van der Waals surface area contributed by atoms with Gasteiger partial charge in [-0.3, -0.25) is 19.0 Å². The first-order chi connectivity index (χ1) is 13.0. The number of para-hydroxylation sites is 1. The first-order valence-corrected chi connectivity index (χ1v) is 8.76. The third-order valence-electron chi connectivity index (χ3n) is 4.98. The summed E-state index contributed by atoms with van der Waals surface area (Å²) < 4.78 is 1.27. The molecule has 0 bridgehead atoms. The van der Waals surface area contributed by atoms with E-state index in [1.165, 1.54) is 22.9 Å². The van der Waals surface area contributed by atoms with Crippen molar-refractivity contribution in [2.24, 2.45) is 0 Å². The number of benzene rings is 1. The van der Waals surface area contributed by atoms with Crippen molar-refractivity contribution in [3.63, 3.8) is 0 Å². The number of hydrogen-bond acceptors (Lipinski definition) is 4. The minimum Gasteiger partial charge on any atom is -0.338 e. The third kappa shape index (κ3) is 3.10. The van der Waals surface area contributed by atoms with Crippen LogP contribution >= 0.6 is 0 Å². The van der Waals surface area contributed by atoms with Crippen molar-refractivity contribution in [1.29, 1.82) is 0 Å². The zero-order valence-electron chi connectivity index (χ0n) is 14.5. The van der Waals surface area contributed by atoms with Crippen molar-refractivity contribution in [2.75, 3.05) is 13.1 Å². The van der Waals surface area contributed by atoms with Gasteiger partial charge in [0.05, 0.1) is 16.5 Å².